The van der Waals surface area contributed by atoms with Gasteiger partial charge in [-0.3, -0.25) is 9.59 Å². The molecule has 2 aliphatic carbocycles. The van der Waals surface area contributed by atoms with E-state index in [9.17, 15) is 19.8 Å². The van der Waals surface area contributed by atoms with Gasteiger partial charge in [0.2, 0.25) is 0 Å². The Morgan fingerprint density at radius 1 is 0.955 bits per heavy atom. The van der Waals surface area contributed by atoms with Crippen molar-refractivity contribution < 1.29 is 19.8 Å². The van der Waals surface area contributed by atoms with E-state index in [2.05, 4.69) is 13.8 Å². The van der Waals surface area contributed by atoms with E-state index in [4.69, 9.17) is 0 Å². The molecule has 2 saturated carbocycles. The Balaban J connectivity index is 2.33. The first-order valence-electron chi connectivity index (χ1n) is 8.96. The van der Waals surface area contributed by atoms with E-state index in [0.717, 1.165) is 38.5 Å². The van der Waals surface area contributed by atoms with E-state index in [1.165, 1.54) is 0 Å². The molecule has 0 bridgehead atoms. The number of carboxylic acids is 2. The molecule has 2 fully saturated rings. The minimum absolute atomic E-state index is 0.159. The van der Waals surface area contributed by atoms with Crippen molar-refractivity contribution in [2.24, 2.45) is 35.5 Å². The van der Waals surface area contributed by atoms with Crippen LogP contribution in [0.25, 0.3) is 0 Å². The summed E-state index contributed by atoms with van der Waals surface area (Å²) < 4.78 is 0. The molecule has 126 valence electrons. The van der Waals surface area contributed by atoms with Crippen LogP contribution in [0.3, 0.4) is 0 Å². The van der Waals surface area contributed by atoms with Gasteiger partial charge in [-0.05, 0) is 42.9 Å². The maximum Gasteiger partial charge on any atom is 0.306 e. The zero-order valence-electron chi connectivity index (χ0n) is 13.8. The highest BCUT2D eigenvalue weighted by Gasteiger charge is 2.52. The Hall–Kier alpha value is -1.06. The van der Waals surface area contributed by atoms with Crippen molar-refractivity contribution in [2.45, 2.75) is 65.2 Å². The second-order valence-corrected chi connectivity index (χ2v) is 7.30. The van der Waals surface area contributed by atoms with Crippen molar-refractivity contribution in [2.75, 3.05) is 0 Å². The van der Waals surface area contributed by atoms with Gasteiger partial charge in [-0.25, -0.2) is 0 Å². The smallest absolute Gasteiger partial charge is 0.306 e. The number of carboxylic acid groups (broad SMARTS) is 2. The van der Waals surface area contributed by atoms with Crippen LogP contribution in [0.2, 0.25) is 0 Å². The molecule has 22 heavy (non-hydrogen) atoms. The summed E-state index contributed by atoms with van der Waals surface area (Å²) in [5.74, 6) is -1.37. The molecule has 2 rings (SSSR count). The Kier molecular flexibility index (Phi) is 5.87. The lowest BCUT2D eigenvalue weighted by Gasteiger charge is -2.50. The Morgan fingerprint density at radius 3 is 2.14 bits per heavy atom. The zero-order chi connectivity index (χ0) is 16.3. The van der Waals surface area contributed by atoms with Crippen molar-refractivity contribution in [3.63, 3.8) is 0 Å². The molecular formula is C18H30O4. The fourth-order valence-electron chi connectivity index (χ4n) is 5.38. The molecule has 0 aromatic carbocycles. The summed E-state index contributed by atoms with van der Waals surface area (Å²) in [5.41, 5.74) is 0. The lowest BCUT2D eigenvalue weighted by Crippen LogP contribution is -2.49. The standard InChI is InChI=1S/C18H30O4/c1-3-6-11-10-15(18(21)22)16-13(12(11)7-4-2)8-5-9-14(16)17(19)20/h11-16H,3-10H2,1-2H3,(H,19,20)(H,21,22). The highest BCUT2D eigenvalue weighted by molar-refractivity contribution is 5.75. The van der Waals surface area contributed by atoms with Gasteiger partial charge in [-0.15, -0.1) is 0 Å². The second kappa shape index (κ2) is 7.47. The van der Waals surface area contributed by atoms with Crippen LogP contribution in [0.4, 0.5) is 0 Å². The van der Waals surface area contributed by atoms with E-state index in [-0.39, 0.29) is 5.92 Å². The lowest BCUT2D eigenvalue weighted by atomic mass is 9.53. The quantitative estimate of drug-likeness (QED) is 0.776. The number of hydrogen-bond donors (Lipinski definition) is 2. The van der Waals surface area contributed by atoms with Gasteiger partial charge >= 0.3 is 11.9 Å². The number of fused-ring (bicyclic) bond motifs is 1. The third kappa shape index (κ3) is 3.31. The van der Waals surface area contributed by atoms with E-state index in [0.29, 0.717) is 30.6 Å². The van der Waals surface area contributed by atoms with Crippen molar-refractivity contribution >= 4 is 11.9 Å². The van der Waals surface area contributed by atoms with E-state index in [1.54, 1.807) is 0 Å². The maximum atomic E-state index is 11.8. The molecule has 2 aliphatic rings. The van der Waals surface area contributed by atoms with Gasteiger partial charge in [0.05, 0.1) is 11.8 Å². The second-order valence-electron chi connectivity index (χ2n) is 7.30. The number of aliphatic carboxylic acids is 2. The average molecular weight is 310 g/mol. The molecule has 6 unspecified atom stereocenters. The van der Waals surface area contributed by atoms with Gasteiger partial charge in [-0.2, -0.15) is 0 Å². The minimum Gasteiger partial charge on any atom is -0.481 e. The third-order valence-corrected chi connectivity index (χ3v) is 6.10. The molecule has 0 spiro atoms. The normalized spacial score (nSPS) is 38.3. The van der Waals surface area contributed by atoms with Crippen molar-refractivity contribution in [3.8, 4) is 0 Å². The largest absolute Gasteiger partial charge is 0.481 e. The number of carbonyl (C=O) groups is 2. The van der Waals surface area contributed by atoms with Gasteiger partial charge in [0.1, 0.15) is 0 Å². The van der Waals surface area contributed by atoms with Crippen LogP contribution in [0.15, 0.2) is 0 Å². The summed E-state index contributed by atoms with van der Waals surface area (Å²) in [6.07, 6.45) is 7.66. The monoisotopic (exact) mass is 310 g/mol. The summed E-state index contributed by atoms with van der Waals surface area (Å²) in [5, 5.41) is 19.3. The Labute approximate surface area is 133 Å². The summed E-state index contributed by atoms with van der Waals surface area (Å²) in [4.78, 5) is 23.5. The van der Waals surface area contributed by atoms with Crippen LogP contribution in [-0.4, -0.2) is 22.2 Å². The van der Waals surface area contributed by atoms with Crippen molar-refractivity contribution in [1.29, 1.82) is 0 Å². The highest BCUT2D eigenvalue weighted by atomic mass is 16.4. The van der Waals surface area contributed by atoms with Gasteiger partial charge in [-0.1, -0.05) is 46.0 Å². The highest BCUT2D eigenvalue weighted by Crippen LogP contribution is 2.53. The van der Waals surface area contributed by atoms with Crippen molar-refractivity contribution in [3.05, 3.63) is 0 Å². The first-order chi connectivity index (χ1) is 10.5. The average Bonchev–Trinajstić information content (AvgIpc) is 2.48. The topological polar surface area (TPSA) is 74.6 Å². The van der Waals surface area contributed by atoms with E-state index in [1.807, 2.05) is 0 Å². The third-order valence-electron chi connectivity index (χ3n) is 6.10. The summed E-state index contributed by atoms with van der Waals surface area (Å²) in [6.45, 7) is 4.34. The SMILES string of the molecule is CCCC1CC(C(=O)O)C2C(C(=O)O)CCCC2C1CCC. The molecule has 4 nitrogen and oxygen atoms in total. The lowest BCUT2D eigenvalue weighted by molar-refractivity contribution is -0.161. The molecule has 2 N–H and O–H groups in total. The Morgan fingerprint density at radius 2 is 1.59 bits per heavy atom. The maximum absolute atomic E-state index is 11.8. The fraction of sp³-hybridized carbons (Fsp3) is 0.889. The van der Waals surface area contributed by atoms with Crippen LogP contribution >= 0.6 is 0 Å². The van der Waals surface area contributed by atoms with Gasteiger partial charge in [0, 0.05) is 0 Å². The molecular weight excluding hydrogens is 280 g/mol. The van der Waals surface area contributed by atoms with Crippen LogP contribution in [0.1, 0.15) is 65.2 Å². The van der Waals surface area contributed by atoms with Gasteiger partial charge in [0.25, 0.3) is 0 Å². The van der Waals surface area contributed by atoms with Crippen LogP contribution in [-0.2, 0) is 9.59 Å². The van der Waals surface area contributed by atoms with Gasteiger partial charge in [0.15, 0.2) is 0 Å². The molecule has 4 heteroatoms. The fourth-order valence-corrected chi connectivity index (χ4v) is 5.38. The molecule has 0 amide bonds. The molecule has 0 aliphatic heterocycles. The molecule has 0 heterocycles. The predicted molar refractivity (Wildman–Crippen MR) is 84.5 cm³/mol. The van der Waals surface area contributed by atoms with Crippen LogP contribution in [0.5, 0.6) is 0 Å². The summed E-state index contributed by atoms with van der Waals surface area (Å²) in [7, 11) is 0. The number of hydrogen-bond acceptors (Lipinski definition) is 2. The molecule has 0 aromatic rings. The van der Waals surface area contributed by atoms with E-state index < -0.39 is 23.8 Å². The first-order valence-corrected chi connectivity index (χ1v) is 8.96. The van der Waals surface area contributed by atoms with Crippen molar-refractivity contribution in [1.82, 2.24) is 0 Å². The Bertz CT molecular complexity index is 406. The zero-order valence-corrected chi connectivity index (χ0v) is 13.8. The number of rotatable bonds is 6. The van der Waals surface area contributed by atoms with E-state index >= 15 is 0 Å². The van der Waals surface area contributed by atoms with Gasteiger partial charge < -0.3 is 10.2 Å². The molecule has 0 aromatic heterocycles. The van der Waals surface area contributed by atoms with Crippen LogP contribution < -0.4 is 0 Å². The first kappa shape index (κ1) is 17.3. The predicted octanol–water partition coefficient (Wildman–Crippen LogP) is 4.04. The molecule has 0 radical (unpaired) electrons. The van der Waals surface area contributed by atoms with Crippen LogP contribution in [0, 0.1) is 35.5 Å². The summed E-state index contributed by atoms with van der Waals surface area (Å²) in [6, 6.07) is 0. The summed E-state index contributed by atoms with van der Waals surface area (Å²) >= 11 is 0. The minimum atomic E-state index is -0.787. The molecule has 0 saturated heterocycles. The molecule has 6 atom stereocenters.